The number of hydrogen-bond acceptors (Lipinski definition) is 5. The van der Waals surface area contributed by atoms with Crippen LogP contribution in [0.2, 0.25) is 0 Å². The van der Waals surface area contributed by atoms with Gasteiger partial charge in [-0.2, -0.15) is 4.98 Å². The lowest BCUT2D eigenvalue weighted by Crippen LogP contribution is -2.18. The fourth-order valence-electron chi connectivity index (χ4n) is 1.74. The number of aromatic nitrogens is 2. The van der Waals surface area contributed by atoms with Crippen molar-refractivity contribution >= 4 is 11.5 Å². The van der Waals surface area contributed by atoms with Crippen molar-refractivity contribution in [2.45, 2.75) is 38.8 Å². The van der Waals surface area contributed by atoms with E-state index in [1.165, 1.54) is 6.33 Å². The maximum atomic E-state index is 5.98. The molecule has 1 aliphatic rings. The number of nitrogen functional groups attached to an aromatic ring is 1. The van der Waals surface area contributed by atoms with Crippen molar-refractivity contribution in [2.75, 3.05) is 11.1 Å². The zero-order chi connectivity index (χ0) is 12.3. The Kier molecular flexibility index (Phi) is 3.46. The van der Waals surface area contributed by atoms with E-state index in [-0.39, 0.29) is 6.10 Å². The summed E-state index contributed by atoms with van der Waals surface area (Å²) in [6, 6.07) is 0.374. The van der Waals surface area contributed by atoms with Crippen LogP contribution in [0.15, 0.2) is 18.5 Å². The van der Waals surface area contributed by atoms with Crippen LogP contribution in [0.4, 0.5) is 11.5 Å². The monoisotopic (exact) mass is 234 g/mol. The number of rotatable bonds is 4. The molecule has 0 aromatic carbocycles. The van der Waals surface area contributed by atoms with Gasteiger partial charge in [0.15, 0.2) is 5.82 Å². The molecule has 92 valence electrons. The highest BCUT2D eigenvalue weighted by Gasteiger charge is 2.15. The molecule has 1 aliphatic carbocycles. The first-order valence-electron chi connectivity index (χ1n) is 5.85. The van der Waals surface area contributed by atoms with E-state index in [9.17, 15) is 0 Å². The van der Waals surface area contributed by atoms with E-state index >= 15 is 0 Å². The van der Waals surface area contributed by atoms with Gasteiger partial charge in [-0.3, -0.25) is 0 Å². The fourth-order valence-corrected chi connectivity index (χ4v) is 1.74. The molecule has 1 heterocycles. The molecule has 1 aromatic rings. The van der Waals surface area contributed by atoms with Gasteiger partial charge in [0.2, 0.25) is 5.88 Å². The van der Waals surface area contributed by atoms with E-state index in [1.807, 2.05) is 13.8 Å². The van der Waals surface area contributed by atoms with Gasteiger partial charge in [-0.05, 0) is 26.7 Å². The highest BCUT2D eigenvalue weighted by atomic mass is 16.5. The van der Waals surface area contributed by atoms with Crippen molar-refractivity contribution in [3.63, 3.8) is 0 Å². The minimum absolute atomic E-state index is 0.0493. The van der Waals surface area contributed by atoms with Gasteiger partial charge in [-0.15, -0.1) is 0 Å². The number of anilines is 2. The summed E-state index contributed by atoms with van der Waals surface area (Å²) in [7, 11) is 0. The van der Waals surface area contributed by atoms with Crippen molar-refractivity contribution in [3.05, 3.63) is 18.5 Å². The van der Waals surface area contributed by atoms with Gasteiger partial charge in [0, 0.05) is 6.04 Å². The molecule has 0 spiro atoms. The van der Waals surface area contributed by atoms with Crippen LogP contribution in [-0.2, 0) is 0 Å². The Hall–Kier alpha value is -1.78. The summed E-state index contributed by atoms with van der Waals surface area (Å²) in [5, 5.41) is 3.30. The molecular formula is C12H18N4O. The summed E-state index contributed by atoms with van der Waals surface area (Å²) in [6.07, 6.45) is 7.83. The molecule has 0 amide bonds. The largest absolute Gasteiger partial charge is 0.473 e. The predicted molar refractivity (Wildman–Crippen MR) is 68.0 cm³/mol. The number of nitrogens with one attached hydrogen (secondary N) is 1. The van der Waals surface area contributed by atoms with Crippen molar-refractivity contribution in [2.24, 2.45) is 0 Å². The quantitative estimate of drug-likeness (QED) is 0.779. The van der Waals surface area contributed by atoms with E-state index in [0.29, 0.717) is 23.4 Å². The van der Waals surface area contributed by atoms with Gasteiger partial charge < -0.3 is 15.8 Å². The van der Waals surface area contributed by atoms with E-state index in [4.69, 9.17) is 10.5 Å². The first-order chi connectivity index (χ1) is 8.16. The fraction of sp³-hybridized carbons (Fsp3) is 0.500. The third-order valence-electron chi connectivity index (χ3n) is 2.54. The molecular weight excluding hydrogens is 216 g/mol. The van der Waals surface area contributed by atoms with Gasteiger partial charge in [-0.25, -0.2) is 4.98 Å². The van der Waals surface area contributed by atoms with Gasteiger partial charge >= 0.3 is 0 Å². The van der Waals surface area contributed by atoms with Gasteiger partial charge in [0.05, 0.1) is 6.10 Å². The molecule has 0 saturated heterocycles. The normalized spacial score (nSPS) is 15.5. The minimum atomic E-state index is 0.0493. The topological polar surface area (TPSA) is 73.1 Å². The van der Waals surface area contributed by atoms with E-state index in [2.05, 4.69) is 27.4 Å². The van der Waals surface area contributed by atoms with Crippen molar-refractivity contribution in [3.8, 4) is 5.88 Å². The molecule has 0 bridgehead atoms. The van der Waals surface area contributed by atoms with Crippen LogP contribution in [-0.4, -0.2) is 22.1 Å². The van der Waals surface area contributed by atoms with Crippen LogP contribution in [0.5, 0.6) is 5.88 Å². The Labute approximate surface area is 101 Å². The second kappa shape index (κ2) is 5.03. The number of nitrogens with zero attached hydrogens (tertiary/aromatic N) is 2. The third kappa shape index (κ3) is 2.87. The molecule has 0 aliphatic heterocycles. The van der Waals surface area contributed by atoms with Crippen LogP contribution in [0.1, 0.15) is 26.7 Å². The lowest BCUT2D eigenvalue weighted by atomic mass is 10.2. The maximum Gasteiger partial charge on any atom is 0.242 e. The molecule has 2 rings (SSSR count). The Bertz CT molecular complexity index is 409. The average molecular weight is 234 g/mol. The number of ether oxygens (including phenoxy) is 1. The third-order valence-corrected chi connectivity index (χ3v) is 2.54. The second-order valence-corrected chi connectivity index (χ2v) is 4.39. The van der Waals surface area contributed by atoms with Crippen LogP contribution >= 0.6 is 0 Å². The second-order valence-electron chi connectivity index (χ2n) is 4.39. The zero-order valence-electron chi connectivity index (χ0n) is 10.2. The van der Waals surface area contributed by atoms with Crippen LogP contribution in [0.25, 0.3) is 0 Å². The molecule has 0 atom stereocenters. The number of hydrogen-bond donors (Lipinski definition) is 2. The Balaban J connectivity index is 2.11. The van der Waals surface area contributed by atoms with Gasteiger partial charge in [-0.1, -0.05) is 12.2 Å². The maximum absolute atomic E-state index is 5.98. The summed E-state index contributed by atoms with van der Waals surface area (Å²) < 4.78 is 5.52. The summed E-state index contributed by atoms with van der Waals surface area (Å²) in [6.45, 7) is 3.88. The molecule has 0 unspecified atom stereocenters. The molecule has 3 N–H and O–H groups in total. The molecule has 5 nitrogen and oxygen atoms in total. The SMILES string of the molecule is CC(C)Oc1ncnc(NC2CC=CC2)c1N. The molecule has 0 radical (unpaired) electrons. The summed E-state index contributed by atoms with van der Waals surface area (Å²) in [5.74, 6) is 1.10. The molecule has 5 heteroatoms. The Morgan fingerprint density at radius 2 is 2.06 bits per heavy atom. The standard InChI is InChI=1S/C12H18N4O/c1-8(2)17-12-10(13)11(14-7-15-12)16-9-5-3-4-6-9/h3-4,7-9H,5-6,13H2,1-2H3,(H,14,15,16). The summed E-state index contributed by atoms with van der Waals surface area (Å²) >= 11 is 0. The van der Waals surface area contributed by atoms with Crippen LogP contribution < -0.4 is 15.8 Å². The Morgan fingerprint density at radius 1 is 1.35 bits per heavy atom. The first kappa shape index (κ1) is 11.7. The summed E-state index contributed by atoms with van der Waals surface area (Å²) in [4.78, 5) is 8.19. The summed E-state index contributed by atoms with van der Waals surface area (Å²) in [5.41, 5.74) is 6.46. The van der Waals surface area contributed by atoms with Crippen molar-refractivity contribution in [1.82, 2.24) is 9.97 Å². The van der Waals surface area contributed by atoms with Crippen molar-refractivity contribution < 1.29 is 4.74 Å². The average Bonchev–Trinajstić information content (AvgIpc) is 2.76. The predicted octanol–water partition coefficient (Wildman–Crippen LogP) is 1.98. The smallest absolute Gasteiger partial charge is 0.242 e. The highest BCUT2D eigenvalue weighted by Crippen LogP contribution is 2.27. The lowest BCUT2D eigenvalue weighted by Gasteiger charge is -2.16. The molecule has 0 saturated carbocycles. The lowest BCUT2D eigenvalue weighted by molar-refractivity contribution is 0.234. The van der Waals surface area contributed by atoms with E-state index in [1.54, 1.807) is 0 Å². The Morgan fingerprint density at radius 3 is 2.71 bits per heavy atom. The van der Waals surface area contributed by atoms with E-state index in [0.717, 1.165) is 12.8 Å². The van der Waals surface area contributed by atoms with Crippen molar-refractivity contribution in [1.29, 1.82) is 0 Å². The molecule has 17 heavy (non-hydrogen) atoms. The van der Waals surface area contributed by atoms with Crippen LogP contribution in [0, 0.1) is 0 Å². The molecule has 1 aromatic heterocycles. The van der Waals surface area contributed by atoms with Gasteiger partial charge in [0.25, 0.3) is 0 Å². The zero-order valence-corrected chi connectivity index (χ0v) is 10.2. The first-order valence-corrected chi connectivity index (χ1v) is 5.85. The van der Waals surface area contributed by atoms with Gasteiger partial charge in [0.1, 0.15) is 12.0 Å². The van der Waals surface area contributed by atoms with E-state index < -0.39 is 0 Å². The number of nitrogens with two attached hydrogens (primary N) is 1. The molecule has 0 fully saturated rings. The van der Waals surface area contributed by atoms with Crippen LogP contribution in [0.3, 0.4) is 0 Å². The minimum Gasteiger partial charge on any atom is -0.473 e. The highest BCUT2D eigenvalue weighted by molar-refractivity contribution is 5.66.